The quantitative estimate of drug-likeness (QED) is 0.186. The Morgan fingerprint density at radius 3 is 2.61 bits per heavy atom. The van der Waals surface area contributed by atoms with Crippen molar-refractivity contribution < 1.29 is 44.8 Å². The Morgan fingerprint density at radius 1 is 1.22 bits per heavy atom. The van der Waals surface area contributed by atoms with Crippen molar-refractivity contribution in [2.75, 3.05) is 0 Å². The van der Waals surface area contributed by atoms with E-state index in [9.17, 15) is 40.7 Å². The maximum Gasteiger partial charge on any atom is 0.534 e. The lowest BCUT2D eigenvalue weighted by atomic mass is 9.85. The molecule has 1 aromatic carbocycles. The molecule has 5 rings (SSSR count). The van der Waals surface area contributed by atoms with Gasteiger partial charge in [-0.05, 0) is 30.2 Å². The van der Waals surface area contributed by atoms with Crippen molar-refractivity contribution in [3.63, 3.8) is 0 Å². The second kappa shape index (κ2) is 7.74. The van der Waals surface area contributed by atoms with Gasteiger partial charge in [-0.2, -0.15) is 21.6 Å². The molecule has 2 aromatic heterocycles. The molecule has 0 saturated carbocycles. The Hall–Kier alpha value is -3.52. The van der Waals surface area contributed by atoms with Gasteiger partial charge in [0.1, 0.15) is 12.2 Å². The number of fused-ring (bicyclic) bond motifs is 5. The van der Waals surface area contributed by atoms with Gasteiger partial charge < -0.3 is 18.6 Å². The molecule has 0 fully saturated rings. The molecule has 2 aliphatic rings. The molecule has 1 N–H and O–H groups in total. The van der Waals surface area contributed by atoms with Gasteiger partial charge in [0.05, 0.1) is 35.4 Å². The van der Waals surface area contributed by atoms with Crippen molar-refractivity contribution in [3.8, 4) is 17.1 Å². The number of carbonyl (C=O) groups excluding carboxylic acids is 1. The van der Waals surface area contributed by atoms with E-state index < -0.39 is 44.3 Å². The number of aromatic nitrogens is 2. The lowest BCUT2D eigenvalue weighted by molar-refractivity contribution is -0.149. The fraction of sp³-hybridized carbons (Fsp3) is 0.318. The molecule has 190 valence electrons. The molecule has 3 aromatic rings. The van der Waals surface area contributed by atoms with Gasteiger partial charge in [0.2, 0.25) is 0 Å². The zero-order valence-electron chi connectivity index (χ0n) is 18.3. The third-order valence-corrected chi connectivity index (χ3v) is 7.27. The number of esters is 1. The van der Waals surface area contributed by atoms with Gasteiger partial charge in [0, 0.05) is 17.0 Å². The summed E-state index contributed by atoms with van der Waals surface area (Å²) in [7, 11) is -6.10. The standard InChI is InChI=1S/C22H16F4N2O7S/c1-2-21(31)7-18(29)34-9-12-13(21)5-16-19-11(8-28(16)20(12)30)3-10-4-17(14(23)6-15(10)27-19)35-36(32,33)22(24,25)26/h3-6,31H,2,7-9H2,1H3/t21-/m1/s1. The second-order valence-corrected chi connectivity index (χ2v) is 10.0. The zero-order valence-corrected chi connectivity index (χ0v) is 19.2. The van der Waals surface area contributed by atoms with Crippen LogP contribution < -0.4 is 9.74 Å². The van der Waals surface area contributed by atoms with Crippen LogP contribution in [0.1, 0.15) is 36.5 Å². The summed E-state index contributed by atoms with van der Waals surface area (Å²) in [5.41, 5.74) is -6.67. The molecular weight excluding hydrogens is 512 g/mol. The average molecular weight is 528 g/mol. The average Bonchev–Trinajstić information content (AvgIpc) is 3.07. The van der Waals surface area contributed by atoms with E-state index >= 15 is 0 Å². The predicted molar refractivity (Wildman–Crippen MR) is 115 cm³/mol. The van der Waals surface area contributed by atoms with E-state index in [2.05, 4.69) is 9.17 Å². The smallest absolute Gasteiger partial charge is 0.460 e. The molecule has 2 aliphatic heterocycles. The van der Waals surface area contributed by atoms with Crippen molar-refractivity contribution in [2.24, 2.45) is 0 Å². The molecular formula is C22H16F4N2O7S. The number of alkyl halides is 3. The topological polar surface area (TPSA) is 125 Å². The Balaban J connectivity index is 1.65. The summed E-state index contributed by atoms with van der Waals surface area (Å²) >= 11 is 0. The van der Waals surface area contributed by atoms with E-state index in [1.54, 1.807) is 6.92 Å². The zero-order chi connectivity index (χ0) is 26.2. The number of aliphatic hydroxyl groups is 1. The molecule has 0 unspecified atom stereocenters. The molecule has 4 heterocycles. The lowest BCUT2D eigenvalue weighted by Gasteiger charge is -2.26. The van der Waals surface area contributed by atoms with Crippen LogP contribution in [0.5, 0.6) is 5.75 Å². The predicted octanol–water partition coefficient (Wildman–Crippen LogP) is 2.84. The summed E-state index contributed by atoms with van der Waals surface area (Å²) in [5.74, 6) is -3.21. The molecule has 9 nitrogen and oxygen atoms in total. The van der Waals surface area contributed by atoms with Gasteiger partial charge in [-0.3, -0.25) is 9.59 Å². The first-order chi connectivity index (χ1) is 16.7. The lowest BCUT2D eigenvalue weighted by Crippen LogP contribution is -2.32. The molecule has 14 heteroatoms. The molecule has 0 saturated heterocycles. The largest absolute Gasteiger partial charge is 0.534 e. The number of pyridine rings is 2. The summed E-state index contributed by atoms with van der Waals surface area (Å²) < 4.78 is 85.4. The first-order valence-corrected chi connectivity index (χ1v) is 11.9. The Bertz CT molecular complexity index is 1630. The third kappa shape index (κ3) is 3.63. The molecule has 0 radical (unpaired) electrons. The van der Waals surface area contributed by atoms with Crippen LogP contribution in [0.4, 0.5) is 17.6 Å². The van der Waals surface area contributed by atoms with Crippen LogP contribution in [0.25, 0.3) is 22.3 Å². The molecule has 0 amide bonds. The third-order valence-electron chi connectivity index (χ3n) is 6.30. The van der Waals surface area contributed by atoms with Crippen LogP contribution >= 0.6 is 0 Å². The van der Waals surface area contributed by atoms with Crippen LogP contribution in [0.3, 0.4) is 0 Å². The summed E-state index contributed by atoms with van der Waals surface area (Å²) in [6.07, 6.45) is -0.239. The molecule has 0 aliphatic carbocycles. The Labute approximate surface area is 200 Å². The monoisotopic (exact) mass is 528 g/mol. The van der Waals surface area contributed by atoms with Crippen molar-refractivity contribution in [3.05, 3.63) is 57.1 Å². The molecule has 1 atom stereocenters. The number of halogens is 4. The highest BCUT2D eigenvalue weighted by molar-refractivity contribution is 7.88. The minimum Gasteiger partial charge on any atom is -0.460 e. The van der Waals surface area contributed by atoms with E-state index in [0.29, 0.717) is 5.56 Å². The highest BCUT2D eigenvalue weighted by Gasteiger charge is 2.49. The molecule has 0 bridgehead atoms. The van der Waals surface area contributed by atoms with Gasteiger partial charge in [0.25, 0.3) is 5.56 Å². The van der Waals surface area contributed by atoms with Crippen molar-refractivity contribution >= 4 is 27.0 Å². The van der Waals surface area contributed by atoms with Gasteiger partial charge in [0.15, 0.2) is 11.6 Å². The fourth-order valence-corrected chi connectivity index (χ4v) is 4.87. The van der Waals surface area contributed by atoms with Crippen LogP contribution in [0.2, 0.25) is 0 Å². The number of rotatable bonds is 3. The number of ether oxygens (including phenoxy) is 1. The van der Waals surface area contributed by atoms with Gasteiger partial charge in [-0.15, -0.1) is 0 Å². The second-order valence-electron chi connectivity index (χ2n) is 8.49. The number of hydrogen-bond acceptors (Lipinski definition) is 8. The number of benzene rings is 1. The van der Waals surface area contributed by atoms with Crippen molar-refractivity contribution in [1.29, 1.82) is 0 Å². The summed E-state index contributed by atoms with van der Waals surface area (Å²) in [5, 5.41) is 11.2. The SMILES string of the molecule is CC[C@@]1(O)CC(=O)OCc2c1cc1n(c2=O)Cc2cc3cc(OS(=O)(=O)C(F)(F)F)c(F)cc3nc2-1. The van der Waals surface area contributed by atoms with Crippen LogP contribution in [0.15, 0.2) is 29.1 Å². The first kappa shape index (κ1) is 24.2. The summed E-state index contributed by atoms with van der Waals surface area (Å²) in [4.78, 5) is 29.6. The summed E-state index contributed by atoms with van der Waals surface area (Å²) in [6.45, 7) is 1.29. The van der Waals surface area contributed by atoms with E-state index in [1.165, 1.54) is 16.7 Å². The highest BCUT2D eigenvalue weighted by Crippen LogP contribution is 2.39. The van der Waals surface area contributed by atoms with Gasteiger partial charge in [-0.1, -0.05) is 6.92 Å². The summed E-state index contributed by atoms with van der Waals surface area (Å²) in [6, 6.07) is 4.44. The maximum absolute atomic E-state index is 14.5. The van der Waals surface area contributed by atoms with Crippen LogP contribution in [0, 0.1) is 5.82 Å². The van der Waals surface area contributed by atoms with Crippen LogP contribution in [-0.4, -0.2) is 34.6 Å². The fourth-order valence-electron chi connectivity index (χ4n) is 4.41. The van der Waals surface area contributed by atoms with Crippen molar-refractivity contribution in [1.82, 2.24) is 9.55 Å². The van der Waals surface area contributed by atoms with Gasteiger partial charge >= 0.3 is 21.6 Å². The van der Waals surface area contributed by atoms with E-state index in [1.807, 2.05) is 0 Å². The van der Waals surface area contributed by atoms with Gasteiger partial charge in [-0.25, -0.2) is 9.37 Å². The first-order valence-electron chi connectivity index (χ1n) is 10.5. The van der Waals surface area contributed by atoms with E-state index in [4.69, 9.17) is 4.74 Å². The minimum absolute atomic E-state index is 0.0212. The molecule has 0 spiro atoms. The molecule has 36 heavy (non-hydrogen) atoms. The highest BCUT2D eigenvalue weighted by atomic mass is 32.2. The van der Waals surface area contributed by atoms with Crippen molar-refractivity contribution in [2.45, 2.75) is 44.0 Å². The van der Waals surface area contributed by atoms with Crippen LogP contribution in [-0.2, 0) is 38.4 Å². The van der Waals surface area contributed by atoms with E-state index in [0.717, 1.165) is 12.1 Å². The normalized spacial score (nSPS) is 19.3. The number of cyclic esters (lactones) is 1. The Morgan fingerprint density at radius 2 is 1.94 bits per heavy atom. The van der Waals surface area contributed by atoms with E-state index in [-0.39, 0.29) is 59.4 Å². The number of nitrogens with zero attached hydrogens (tertiary/aromatic N) is 2. The number of hydrogen-bond donors (Lipinski definition) is 1. The minimum atomic E-state index is -6.10. The Kier molecular flexibility index (Phi) is 5.20. The maximum atomic E-state index is 14.5. The number of carbonyl (C=O) groups is 1.